The molecule has 0 aromatic heterocycles. The summed E-state index contributed by atoms with van der Waals surface area (Å²) in [5.74, 6) is -1.19. The molecule has 1 aromatic carbocycles. The lowest BCUT2D eigenvalue weighted by Crippen LogP contribution is -2.40. The predicted molar refractivity (Wildman–Crippen MR) is 77.5 cm³/mol. The van der Waals surface area contributed by atoms with Crippen LogP contribution in [0.25, 0.3) is 0 Å². The van der Waals surface area contributed by atoms with Crippen molar-refractivity contribution in [1.82, 2.24) is 4.72 Å². The first-order chi connectivity index (χ1) is 9.27. The van der Waals surface area contributed by atoms with Crippen molar-refractivity contribution >= 4 is 27.6 Å². The normalized spacial score (nSPS) is 13.2. The molecule has 5 nitrogen and oxygen atoms in total. The highest BCUT2D eigenvalue weighted by molar-refractivity contribution is 7.89. The van der Waals surface area contributed by atoms with E-state index in [1.165, 1.54) is 12.1 Å². The molecule has 1 aromatic rings. The van der Waals surface area contributed by atoms with Crippen molar-refractivity contribution in [2.24, 2.45) is 0 Å². The highest BCUT2D eigenvalue weighted by atomic mass is 35.5. The Kier molecular flexibility index (Phi) is 5.98. The molecule has 1 rings (SSSR count). The zero-order valence-corrected chi connectivity index (χ0v) is 13.0. The van der Waals surface area contributed by atoms with Gasteiger partial charge in [-0.05, 0) is 31.0 Å². The summed E-state index contributed by atoms with van der Waals surface area (Å²) in [7, 11) is -3.95. The van der Waals surface area contributed by atoms with Crippen LogP contribution in [-0.4, -0.2) is 25.5 Å². The lowest BCUT2D eigenvalue weighted by atomic mass is 10.1. The second-order valence-electron chi connectivity index (χ2n) is 4.59. The molecule has 0 radical (unpaired) electrons. The smallest absolute Gasteiger partial charge is 0.321 e. The average Bonchev–Trinajstić information content (AvgIpc) is 2.33. The van der Waals surface area contributed by atoms with Gasteiger partial charge >= 0.3 is 5.97 Å². The van der Waals surface area contributed by atoms with Crippen LogP contribution in [0.15, 0.2) is 23.1 Å². The molecule has 0 spiro atoms. The third-order valence-corrected chi connectivity index (χ3v) is 4.77. The van der Waals surface area contributed by atoms with Crippen LogP contribution in [0.2, 0.25) is 5.02 Å². The van der Waals surface area contributed by atoms with Crippen molar-refractivity contribution in [1.29, 1.82) is 0 Å². The first kappa shape index (κ1) is 16.9. The number of aryl methyl sites for hydroxylation is 1. The molecule has 1 atom stereocenters. The number of rotatable bonds is 7. The Morgan fingerprint density at radius 1 is 1.45 bits per heavy atom. The topological polar surface area (TPSA) is 83.5 Å². The van der Waals surface area contributed by atoms with Crippen LogP contribution >= 0.6 is 11.6 Å². The van der Waals surface area contributed by atoms with Gasteiger partial charge in [-0.3, -0.25) is 4.79 Å². The van der Waals surface area contributed by atoms with E-state index in [0.29, 0.717) is 6.42 Å². The highest BCUT2D eigenvalue weighted by Gasteiger charge is 2.26. The zero-order chi connectivity index (χ0) is 15.3. The van der Waals surface area contributed by atoms with E-state index in [4.69, 9.17) is 16.7 Å². The minimum Gasteiger partial charge on any atom is -0.480 e. The van der Waals surface area contributed by atoms with Gasteiger partial charge < -0.3 is 5.11 Å². The number of hydrogen-bond donors (Lipinski definition) is 2. The number of hydrogen-bond acceptors (Lipinski definition) is 3. The minimum atomic E-state index is -3.95. The molecule has 2 N–H and O–H groups in total. The first-order valence-corrected chi connectivity index (χ1v) is 8.15. The van der Waals surface area contributed by atoms with Gasteiger partial charge in [0.1, 0.15) is 10.9 Å². The molecular formula is C13H18ClNO4S. The largest absolute Gasteiger partial charge is 0.480 e. The first-order valence-electron chi connectivity index (χ1n) is 6.29. The second-order valence-corrected chi connectivity index (χ2v) is 6.68. The van der Waals surface area contributed by atoms with E-state index in [0.717, 1.165) is 12.0 Å². The molecule has 112 valence electrons. The molecule has 0 aliphatic rings. The fourth-order valence-corrected chi connectivity index (χ4v) is 3.54. The number of unbranched alkanes of at least 4 members (excludes halogenated alkanes) is 1. The van der Waals surface area contributed by atoms with E-state index in [1.807, 2.05) is 6.92 Å². The third kappa shape index (κ3) is 4.47. The monoisotopic (exact) mass is 319 g/mol. The van der Waals surface area contributed by atoms with Gasteiger partial charge in [-0.2, -0.15) is 4.72 Å². The standard InChI is InChI=1S/C13H18ClNO4S/c1-3-4-5-11(13(16)17)15-20(18,19)12-7-6-9(2)8-10(12)14/h6-8,11,15H,3-5H2,1-2H3,(H,16,17). The van der Waals surface area contributed by atoms with E-state index in [1.54, 1.807) is 13.0 Å². The number of benzene rings is 1. The number of halogens is 1. The second kappa shape index (κ2) is 7.06. The Balaban J connectivity index is 3.00. The number of aliphatic carboxylic acids is 1. The van der Waals surface area contributed by atoms with Gasteiger partial charge in [-0.25, -0.2) is 8.42 Å². The van der Waals surface area contributed by atoms with Crippen molar-refractivity contribution in [3.8, 4) is 0 Å². The van der Waals surface area contributed by atoms with Crippen molar-refractivity contribution in [2.75, 3.05) is 0 Å². The van der Waals surface area contributed by atoms with Gasteiger partial charge in [0.25, 0.3) is 0 Å². The van der Waals surface area contributed by atoms with Crippen molar-refractivity contribution in [2.45, 2.75) is 44.0 Å². The number of carboxylic acid groups (broad SMARTS) is 1. The fraction of sp³-hybridized carbons (Fsp3) is 0.462. The number of nitrogens with one attached hydrogen (secondary N) is 1. The van der Waals surface area contributed by atoms with Gasteiger partial charge in [-0.1, -0.05) is 37.4 Å². The van der Waals surface area contributed by atoms with E-state index in [-0.39, 0.29) is 16.3 Å². The molecule has 1 unspecified atom stereocenters. The van der Waals surface area contributed by atoms with Crippen molar-refractivity contribution < 1.29 is 18.3 Å². The van der Waals surface area contributed by atoms with Crippen LogP contribution in [0.1, 0.15) is 31.7 Å². The summed E-state index contributed by atoms with van der Waals surface area (Å²) in [6.07, 6.45) is 1.66. The fourth-order valence-electron chi connectivity index (χ4n) is 1.72. The van der Waals surface area contributed by atoms with Gasteiger partial charge in [0.2, 0.25) is 10.0 Å². The Morgan fingerprint density at radius 3 is 2.60 bits per heavy atom. The van der Waals surface area contributed by atoms with Crippen LogP contribution in [0.5, 0.6) is 0 Å². The zero-order valence-electron chi connectivity index (χ0n) is 11.4. The van der Waals surface area contributed by atoms with Crippen LogP contribution < -0.4 is 4.72 Å². The number of carboxylic acids is 1. The summed E-state index contributed by atoms with van der Waals surface area (Å²) < 4.78 is 26.6. The molecule has 7 heteroatoms. The maximum atomic E-state index is 12.2. The predicted octanol–water partition coefficient (Wildman–Crippen LogP) is 2.57. The summed E-state index contributed by atoms with van der Waals surface area (Å²) >= 11 is 5.91. The molecule has 0 saturated carbocycles. The van der Waals surface area contributed by atoms with Crippen molar-refractivity contribution in [3.05, 3.63) is 28.8 Å². The maximum Gasteiger partial charge on any atom is 0.321 e. The Hall–Kier alpha value is -1.11. The van der Waals surface area contributed by atoms with Gasteiger partial charge in [0.15, 0.2) is 0 Å². The summed E-state index contributed by atoms with van der Waals surface area (Å²) in [4.78, 5) is 11.0. The molecular weight excluding hydrogens is 302 g/mol. The van der Waals surface area contributed by atoms with Crippen LogP contribution in [0.4, 0.5) is 0 Å². The third-order valence-electron chi connectivity index (χ3n) is 2.82. The number of sulfonamides is 1. The molecule has 0 aliphatic heterocycles. The molecule has 0 aliphatic carbocycles. The summed E-state index contributed by atoms with van der Waals surface area (Å²) in [5, 5.41) is 9.14. The summed E-state index contributed by atoms with van der Waals surface area (Å²) in [6, 6.07) is 3.37. The van der Waals surface area contributed by atoms with Gasteiger partial charge in [0, 0.05) is 0 Å². The molecule has 0 amide bonds. The lowest BCUT2D eigenvalue weighted by Gasteiger charge is -2.15. The SMILES string of the molecule is CCCCC(NS(=O)(=O)c1ccc(C)cc1Cl)C(=O)O. The van der Waals surface area contributed by atoms with Crippen LogP contribution in [0.3, 0.4) is 0 Å². The van der Waals surface area contributed by atoms with E-state index >= 15 is 0 Å². The summed E-state index contributed by atoms with van der Waals surface area (Å²) in [5.41, 5.74) is 0.828. The minimum absolute atomic E-state index is 0.0807. The highest BCUT2D eigenvalue weighted by Crippen LogP contribution is 2.22. The molecule has 20 heavy (non-hydrogen) atoms. The molecule has 0 bridgehead atoms. The molecule has 0 heterocycles. The van der Waals surface area contributed by atoms with Crippen molar-refractivity contribution in [3.63, 3.8) is 0 Å². The van der Waals surface area contributed by atoms with Gasteiger partial charge in [-0.15, -0.1) is 0 Å². The Labute approximate surface area is 124 Å². The molecule has 0 saturated heterocycles. The van der Waals surface area contributed by atoms with Crippen LogP contribution in [-0.2, 0) is 14.8 Å². The van der Waals surface area contributed by atoms with E-state index in [9.17, 15) is 13.2 Å². The van der Waals surface area contributed by atoms with E-state index in [2.05, 4.69) is 4.72 Å². The maximum absolute atomic E-state index is 12.2. The Morgan fingerprint density at radius 2 is 2.10 bits per heavy atom. The number of carbonyl (C=O) groups is 1. The molecule has 0 fully saturated rings. The van der Waals surface area contributed by atoms with Gasteiger partial charge in [0.05, 0.1) is 5.02 Å². The average molecular weight is 320 g/mol. The lowest BCUT2D eigenvalue weighted by molar-refractivity contribution is -0.139. The summed E-state index contributed by atoms with van der Waals surface area (Å²) in [6.45, 7) is 3.70. The Bertz CT molecular complexity index is 586. The quantitative estimate of drug-likeness (QED) is 0.809. The van der Waals surface area contributed by atoms with Crippen LogP contribution in [0, 0.1) is 6.92 Å². The van der Waals surface area contributed by atoms with E-state index < -0.39 is 22.0 Å².